The molecule has 26 heavy (non-hydrogen) atoms. The Morgan fingerprint density at radius 2 is 2.04 bits per heavy atom. The zero-order valence-corrected chi connectivity index (χ0v) is 14.5. The molecule has 0 spiro atoms. The molecule has 5 heteroatoms. The summed E-state index contributed by atoms with van der Waals surface area (Å²) in [6, 6.07) is 16.1. The molecule has 4 nitrogen and oxygen atoms in total. The fraction of sp³-hybridized carbons (Fsp3) is 0.238. The van der Waals surface area contributed by atoms with E-state index in [1.807, 2.05) is 24.0 Å². The van der Waals surface area contributed by atoms with Gasteiger partial charge in [0.15, 0.2) is 0 Å². The first kappa shape index (κ1) is 16.5. The zero-order valence-electron chi connectivity index (χ0n) is 14.5. The Bertz CT molecular complexity index is 950. The standard InChI is InChI=1S/C21H19FN2O2/c1-14-6-4-7-15(12-14)19-10-5-11-24(19)21(25)20-13-18(23-26-20)16-8-2-3-9-17(16)22/h2-4,6-9,12-13,19H,5,10-11H2,1H3/t19-/m1/s1. The fourth-order valence-corrected chi connectivity index (χ4v) is 3.55. The second kappa shape index (κ2) is 6.75. The molecule has 1 aromatic heterocycles. The Labute approximate surface area is 151 Å². The molecule has 0 radical (unpaired) electrons. The van der Waals surface area contributed by atoms with Crippen molar-refractivity contribution in [3.8, 4) is 11.3 Å². The lowest BCUT2D eigenvalue weighted by molar-refractivity contribution is 0.0693. The largest absolute Gasteiger partial charge is 0.350 e. The Hall–Kier alpha value is -2.95. The van der Waals surface area contributed by atoms with Crippen molar-refractivity contribution in [1.82, 2.24) is 10.1 Å². The minimum absolute atomic E-state index is 0.0319. The normalized spacial score (nSPS) is 16.8. The van der Waals surface area contributed by atoms with Gasteiger partial charge in [-0.1, -0.05) is 47.1 Å². The number of benzene rings is 2. The second-order valence-corrected chi connectivity index (χ2v) is 6.63. The monoisotopic (exact) mass is 350 g/mol. The van der Waals surface area contributed by atoms with E-state index in [9.17, 15) is 9.18 Å². The summed E-state index contributed by atoms with van der Waals surface area (Å²) in [6.45, 7) is 2.72. The summed E-state index contributed by atoms with van der Waals surface area (Å²) in [5, 5.41) is 3.89. The average molecular weight is 350 g/mol. The summed E-state index contributed by atoms with van der Waals surface area (Å²) in [5.41, 5.74) is 2.96. The lowest BCUT2D eigenvalue weighted by Crippen LogP contribution is -2.30. The minimum atomic E-state index is -0.390. The first-order valence-electron chi connectivity index (χ1n) is 8.72. The van der Waals surface area contributed by atoms with Crippen LogP contribution < -0.4 is 0 Å². The van der Waals surface area contributed by atoms with Crippen LogP contribution in [0.1, 0.15) is 40.6 Å². The molecule has 0 N–H and O–H groups in total. The predicted molar refractivity (Wildman–Crippen MR) is 96.1 cm³/mol. The molecule has 1 saturated heterocycles. The van der Waals surface area contributed by atoms with Crippen LogP contribution in [-0.4, -0.2) is 22.5 Å². The quantitative estimate of drug-likeness (QED) is 0.684. The van der Waals surface area contributed by atoms with E-state index in [0.29, 0.717) is 17.8 Å². The summed E-state index contributed by atoms with van der Waals surface area (Å²) in [4.78, 5) is 14.8. The van der Waals surface area contributed by atoms with E-state index < -0.39 is 5.82 Å². The first-order valence-corrected chi connectivity index (χ1v) is 8.72. The van der Waals surface area contributed by atoms with Crippen molar-refractivity contribution >= 4 is 5.91 Å². The molecule has 1 aliphatic heterocycles. The van der Waals surface area contributed by atoms with Gasteiger partial charge in [-0.05, 0) is 37.5 Å². The minimum Gasteiger partial charge on any atom is -0.350 e. The highest BCUT2D eigenvalue weighted by atomic mass is 19.1. The highest BCUT2D eigenvalue weighted by Crippen LogP contribution is 2.34. The number of likely N-dealkylation sites (tertiary alicyclic amines) is 1. The fourth-order valence-electron chi connectivity index (χ4n) is 3.55. The summed E-state index contributed by atoms with van der Waals surface area (Å²) in [5.74, 6) is -0.453. The molecule has 0 aliphatic carbocycles. The van der Waals surface area contributed by atoms with Crippen molar-refractivity contribution < 1.29 is 13.7 Å². The third-order valence-electron chi connectivity index (χ3n) is 4.81. The van der Waals surface area contributed by atoms with Gasteiger partial charge < -0.3 is 9.42 Å². The summed E-state index contributed by atoms with van der Waals surface area (Å²) >= 11 is 0. The molecule has 0 saturated carbocycles. The van der Waals surface area contributed by atoms with Crippen molar-refractivity contribution in [3.63, 3.8) is 0 Å². The number of hydrogen-bond acceptors (Lipinski definition) is 3. The van der Waals surface area contributed by atoms with Crippen molar-refractivity contribution in [3.05, 3.63) is 77.3 Å². The molecule has 1 atom stereocenters. The van der Waals surface area contributed by atoms with Gasteiger partial charge in [0.25, 0.3) is 5.91 Å². The van der Waals surface area contributed by atoms with Crippen molar-refractivity contribution in [2.45, 2.75) is 25.8 Å². The van der Waals surface area contributed by atoms with Gasteiger partial charge in [0.2, 0.25) is 5.76 Å². The first-order chi connectivity index (χ1) is 12.6. The molecule has 3 aromatic rings. The zero-order chi connectivity index (χ0) is 18.1. The van der Waals surface area contributed by atoms with Gasteiger partial charge in [-0.15, -0.1) is 0 Å². The van der Waals surface area contributed by atoms with Crippen LogP contribution >= 0.6 is 0 Å². The van der Waals surface area contributed by atoms with Crippen LogP contribution in [0, 0.1) is 12.7 Å². The number of aryl methyl sites for hydroxylation is 1. The average Bonchev–Trinajstić information content (AvgIpc) is 3.31. The van der Waals surface area contributed by atoms with Gasteiger partial charge in [0, 0.05) is 18.2 Å². The van der Waals surface area contributed by atoms with Crippen LogP contribution in [0.5, 0.6) is 0 Å². The number of carbonyl (C=O) groups is 1. The Balaban J connectivity index is 1.60. The molecule has 0 bridgehead atoms. The van der Waals surface area contributed by atoms with Gasteiger partial charge in [-0.2, -0.15) is 0 Å². The Morgan fingerprint density at radius 3 is 2.85 bits per heavy atom. The number of rotatable bonds is 3. The van der Waals surface area contributed by atoms with Crippen LogP contribution in [0.25, 0.3) is 11.3 Å². The third kappa shape index (κ3) is 3.01. The van der Waals surface area contributed by atoms with Gasteiger partial charge in [-0.25, -0.2) is 4.39 Å². The Morgan fingerprint density at radius 1 is 1.19 bits per heavy atom. The van der Waals surface area contributed by atoms with E-state index in [2.05, 4.69) is 17.3 Å². The van der Waals surface area contributed by atoms with E-state index in [0.717, 1.165) is 18.4 Å². The lowest BCUT2D eigenvalue weighted by Gasteiger charge is -2.24. The van der Waals surface area contributed by atoms with E-state index in [-0.39, 0.29) is 17.7 Å². The summed E-state index contributed by atoms with van der Waals surface area (Å²) in [6.07, 6.45) is 1.86. The third-order valence-corrected chi connectivity index (χ3v) is 4.81. The SMILES string of the molecule is Cc1cccc([C@H]2CCCN2C(=O)c2cc(-c3ccccc3F)no2)c1. The van der Waals surface area contributed by atoms with Gasteiger partial charge in [0.05, 0.1) is 6.04 Å². The second-order valence-electron chi connectivity index (χ2n) is 6.63. The number of halogens is 1. The molecule has 1 fully saturated rings. The molecular weight excluding hydrogens is 331 g/mol. The van der Waals surface area contributed by atoms with Crippen molar-refractivity contribution in [2.75, 3.05) is 6.54 Å². The topological polar surface area (TPSA) is 46.3 Å². The van der Waals surface area contributed by atoms with Crippen molar-refractivity contribution in [1.29, 1.82) is 0 Å². The van der Waals surface area contributed by atoms with E-state index in [1.165, 1.54) is 17.7 Å². The van der Waals surface area contributed by atoms with Crippen LogP contribution in [0.15, 0.2) is 59.1 Å². The van der Waals surface area contributed by atoms with Crippen LogP contribution in [0.3, 0.4) is 0 Å². The smallest absolute Gasteiger partial charge is 0.292 e. The molecule has 4 rings (SSSR count). The summed E-state index contributed by atoms with van der Waals surface area (Å²) in [7, 11) is 0. The number of amides is 1. The van der Waals surface area contributed by atoms with E-state index >= 15 is 0 Å². The van der Waals surface area contributed by atoms with E-state index in [1.54, 1.807) is 18.2 Å². The van der Waals surface area contributed by atoms with Crippen LogP contribution in [0.4, 0.5) is 4.39 Å². The highest BCUT2D eigenvalue weighted by Gasteiger charge is 2.32. The van der Waals surface area contributed by atoms with Crippen LogP contribution in [-0.2, 0) is 0 Å². The van der Waals surface area contributed by atoms with Gasteiger partial charge >= 0.3 is 0 Å². The molecule has 132 valence electrons. The molecular formula is C21H19FN2O2. The number of aromatic nitrogens is 1. The maximum absolute atomic E-state index is 13.9. The predicted octanol–water partition coefficient (Wildman–Crippen LogP) is 4.77. The molecule has 2 aromatic carbocycles. The number of hydrogen-bond donors (Lipinski definition) is 0. The molecule has 1 aliphatic rings. The van der Waals surface area contributed by atoms with Crippen molar-refractivity contribution in [2.24, 2.45) is 0 Å². The summed E-state index contributed by atoms with van der Waals surface area (Å²) < 4.78 is 19.2. The molecule has 0 unspecified atom stereocenters. The maximum Gasteiger partial charge on any atom is 0.292 e. The number of carbonyl (C=O) groups excluding carboxylic acids is 1. The van der Waals surface area contributed by atoms with Gasteiger partial charge in [0.1, 0.15) is 11.5 Å². The molecule has 1 amide bonds. The molecule has 2 heterocycles. The van der Waals surface area contributed by atoms with Crippen LogP contribution in [0.2, 0.25) is 0 Å². The van der Waals surface area contributed by atoms with Gasteiger partial charge in [-0.3, -0.25) is 4.79 Å². The highest BCUT2D eigenvalue weighted by molar-refractivity contribution is 5.93. The maximum atomic E-state index is 13.9. The lowest BCUT2D eigenvalue weighted by atomic mass is 10.0. The number of nitrogens with zero attached hydrogens (tertiary/aromatic N) is 2. The Kier molecular flexibility index (Phi) is 4.29. The van der Waals surface area contributed by atoms with E-state index in [4.69, 9.17) is 4.52 Å².